The minimum Gasteiger partial charge on any atom is -0.506 e. The van der Waals surface area contributed by atoms with Gasteiger partial charge in [-0.15, -0.1) is 0 Å². The third-order valence-corrected chi connectivity index (χ3v) is 4.60. The van der Waals surface area contributed by atoms with Crippen molar-refractivity contribution in [3.05, 3.63) is 27.7 Å². The minimum absolute atomic E-state index is 0.121. The van der Waals surface area contributed by atoms with Crippen molar-refractivity contribution in [2.75, 3.05) is 26.2 Å². The molecule has 0 amide bonds. The Morgan fingerprint density at radius 3 is 2.62 bits per heavy atom. The van der Waals surface area contributed by atoms with Crippen LogP contribution in [0.2, 0.25) is 0 Å². The predicted octanol–water partition coefficient (Wildman–Crippen LogP) is 3.02. The maximum absolute atomic E-state index is 10.5. The number of nitrogens with zero attached hydrogens (tertiary/aromatic N) is 2. The van der Waals surface area contributed by atoms with Crippen LogP contribution in [0.4, 0.5) is 0 Å². The van der Waals surface area contributed by atoms with Gasteiger partial charge in [-0.3, -0.25) is 4.90 Å². The van der Waals surface area contributed by atoms with E-state index in [2.05, 4.69) is 46.1 Å². The van der Waals surface area contributed by atoms with Crippen LogP contribution in [0.25, 0.3) is 0 Å². The smallest absolute Gasteiger partial charge is 0.139 e. The van der Waals surface area contributed by atoms with Gasteiger partial charge in [0.05, 0.1) is 5.56 Å². The number of aromatic hydroxyl groups is 1. The molecule has 2 rings (SSSR count). The van der Waals surface area contributed by atoms with E-state index in [1.165, 1.54) is 0 Å². The maximum atomic E-state index is 10.5. The molecule has 0 saturated carbocycles. The first kappa shape index (κ1) is 16.3. The van der Waals surface area contributed by atoms with Crippen molar-refractivity contribution < 1.29 is 5.11 Å². The number of phenolic OH excluding ortho intramolecular Hbond substituents is 1. The molecule has 4 nitrogen and oxygen atoms in total. The first-order chi connectivity index (χ1) is 10.0. The van der Waals surface area contributed by atoms with Gasteiger partial charge < -0.3 is 10.4 Å². The summed E-state index contributed by atoms with van der Waals surface area (Å²) in [6.45, 7) is 8.22. The lowest BCUT2D eigenvalue weighted by atomic mass is 9.93. The third-order valence-electron chi connectivity index (χ3n) is 3.90. The lowest BCUT2D eigenvalue weighted by Gasteiger charge is -2.37. The normalized spacial score (nSPS) is 17.7. The molecule has 0 spiro atoms. The van der Waals surface area contributed by atoms with Gasteiger partial charge in [0, 0.05) is 42.3 Å². The van der Waals surface area contributed by atoms with Crippen molar-refractivity contribution in [1.29, 1.82) is 5.26 Å². The summed E-state index contributed by atoms with van der Waals surface area (Å²) < 4.78 is 0.878. The molecular formula is C16H22BrN3O. The molecular weight excluding hydrogens is 330 g/mol. The highest BCUT2D eigenvalue weighted by Crippen LogP contribution is 2.40. The van der Waals surface area contributed by atoms with Crippen LogP contribution >= 0.6 is 15.9 Å². The number of halogens is 1. The Labute approximate surface area is 134 Å². The second-order valence-corrected chi connectivity index (χ2v) is 6.75. The molecule has 0 bridgehead atoms. The molecule has 0 aliphatic carbocycles. The fourth-order valence-electron chi connectivity index (χ4n) is 2.88. The summed E-state index contributed by atoms with van der Waals surface area (Å²) >= 11 is 3.56. The highest BCUT2D eigenvalue weighted by molar-refractivity contribution is 9.10. The zero-order chi connectivity index (χ0) is 15.4. The van der Waals surface area contributed by atoms with E-state index in [0.717, 1.165) is 42.6 Å². The molecule has 1 aliphatic heterocycles. The van der Waals surface area contributed by atoms with Gasteiger partial charge in [0.1, 0.15) is 11.8 Å². The number of phenols is 1. The molecule has 1 heterocycles. The Hall–Kier alpha value is -1.09. The number of benzene rings is 1. The number of piperazine rings is 1. The van der Waals surface area contributed by atoms with Crippen LogP contribution in [0.15, 0.2) is 16.6 Å². The largest absolute Gasteiger partial charge is 0.506 e. The highest BCUT2D eigenvalue weighted by atomic mass is 79.9. The van der Waals surface area contributed by atoms with Crippen molar-refractivity contribution in [3.8, 4) is 11.8 Å². The van der Waals surface area contributed by atoms with Crippen LogP contribution in [0, 0.1) is 17.2 Å². The minimum atomic E-state index is 0.121. The summed E-state index contributed by atoms with van der Waals surface area (Å²) in [6.07, 6.45) is 0.959. The molecule has 5 heteroatoms. The monoisotopic (exact) mass is 351 g/mol. The summed E-state index contributed by atoms with van der Waals surface area (Å²) in [6, 6.07) is 5.73. The summed E-state index contributed by atoms with van der Waals surface area (Å²) in [5.74, 6) is 0.637. The van der Waals surface area contributed by atoms with E-state index in [1.54, 1.807) is 6.07 Å². The lowest BCUT2D eigenvalue weighted by Crippen LogP contribution is -2.45. The number of hydrogen-bond donors (Lipinski definition) is 2. The first-order valence-electron chi connectivity index (χ1n) is 7.40. The van der Waals surface area contributed by atoms with Gasteiger partial charge in [-0.05, 0) is 24.5 Å². The van der Waals surface area contributed by atoms with Crippen LogP contribution in [0.5, 0.6) is 5.75 Å². The van der Waals surface area contributed by atoms with E-state index in [-0.39, 0.29) is 11.8 Å². The quantitative estimate of drug-likeness (QED) is 0.875. The van der Waals surface area contributed by atoms with Crippen molar-refractivity contribution in [2.45, 2.75) is 26.3 Å². The van der Waals surface area contributed by atoms with Crippen molar-refractivity contribution in [3.63, 3.8) is 0 Å². The second kappa shape index (κ2) is 7.26. The first-order valence-corrected chi connectivity index (χ1v) is 8.20. The van der Waals surface area contributed by atoms with Crippen LogP contribution in [0.1, 0.15) is 37.4 Å². The molecule has 2 N–H and O–H groups in total. The Morgan fingerprint density at radius 2 is 2.05 bits per heavy atom. The van der Waals surface area contributed by atoms with Crippen LogP contribution < -0.4 is 5.32 Å². The summed E-state index contributed by atoms with van der Waals surface area (Å²) in [5.41, 5.74) is 1.20. The van der Waals surface area contributed by atoms with E-state index in [4.69, 9.17) is 5.26 Å². The molecule has 0 radical (unpaired) electrons. The highest BCUT2D eigenvalue weighted by Gasteiger charge is 2.28. The summed E-state index contributed by atoms with van der Waals surface area (Å²) in [4.78, 5) is 2.40. The maximum Gasteiger partial charge on any atom is 0.139 e. The molecule has 1 aromatic carbocycles. The van der Waals surface area contributed by atoms with Crippen molar-refractivity contribution >= 4 is 15.9 Å². The molecule has 21 heavy (non-hydrogen) atoms. The average molecular weight is 352 g/mol. The number of nitriles is 1. The molecule has 1 aliphatic rings. The van der Waals surface area contributed by atoms with Gasteiger partial charge in [0.15, 0.2) is 0 Å². The topological polar surface area (TPSA) is 59.3 Å². The summed E-state index contributed by atoms with van der Waals surface area (Å²) in [5, 5.41) is 23.0. The van der Waals surface area contributed by atoms with Crippen LogP contribution in [-0.4, -0.2) is 36.2 Å². The SMILES string of the molecule is CC(C)C[C@H](c1c(Br)ccc(C#N)c1O)N1CCNCC1. The molecule has 0 unspecified atom stereocenters. The Kier molecular flexibility index (Phi) is 5.63. The van der Waals surface area contributed by atoms with Crippen LogP contribution in [-0.2, 0) is 0 Å². The molecule has 0 aromatic heterocycles. The predicted molar refractivity (Wildman–Crippen MR) is 87.2 cm³/mol. The van der Waals surface area contributed by atoms with Gasteiger partial charge in [-0.25, -0.2) is 0 Å². The van der Waals surface area contributed by atoms with Gasteiger partial charge in [0.25, 0.3) is 0 Å². The Bertz CT molecular complexity index is 533. The number of hydrogen-bond acceptors (Lipinski definition) is 4. The fourth-order valence-corrected chi connectivity index (χ4v) is 3.46. The standard InChI is InChI=1S/C16H22BrN3O/c1-11(2)9-14(20-7-5-19-6-8-20)15-13(17)4-3-12(10-18)16(15)21/h3-4,11,14,19,21H,5-9H2,1-2H3/t14-/m1/s1. The molecule has 1 saturated heterocycles. The van der Waals surface area contributed by atoms with Crippen molar-refractivity contribution in [2.24, 2.45) is 5.92 Å². The van der Waals surface area contributed by atoms with Gasteiger partial charge in [0.2, 0.25) is 0 Å². The Balaban J connectivity index is 2.43. The zero-order valence-electron chi connectivity index (χ0n) is 12.6. The molecule has 1 aromatic rings. The van der Waals surface area contributed by atoms with E-state index in [0.29, 0.717) is 11.5 Å². The molecule has 1 fully saturated rings. The van der Waals surface area contributed by atoms with E-state index >= 15 is 0 Å². The van der Waals surface area contributed by atoms with Gasteiger partial charge >= 0.3 is 0 Å². The lowest BCUT2D eigenvalue weighted by molar-refractivity contribution is 0.151. The van der Waals surface area contributed by atoms with E-state index < -0.39 is 0 Å². The zero-order valence-corrected chi connectivity index (χ0v) is 14.2. The van der Waals surface area contributed by atoms with Crippen molar-refractivity contribution in [1.82, 2.24) is 10.2 Å². The van der Waals surface area contributed by atoms with Gasteiger partial charge in [-0.1, -0.05) is 29.8 Å². The number of rotatable bonds is 4. The second-order valence-electron chi connectivity index (χ2n) is 5.90. The summed E-state index contributed by atoms with van der Waals surface area (Å²) in [7, 11) is 0. The molecule has 1 atom stereocenters. The molecule has 114 valence electrons. The average Bonchev–Trinajstić information content (AvgIpc) is 2.47. The third kappa shape index (κ3) is 3.76. The fraction of sp³-hybridized carbons (Fsp3) is 0.562. The van der Waals surface area contributed by atoms with E-state index in [9.17, 15) is 5.11 Å². The number of nitrogens with one attached hydrogen (secondary N) is 1. The Morgan fingerprint density at radius 1 is 1.38 bits per heavy atom. The van der Waals surface area contributed by atoms with E-state index in [1.807, 2.05) is 6.07 Å². The van der Waals surface area contributed by atoms with Gasteiger partial charge in [-0.2, -0.15) is 5.26 Å². The van der Waals surface area contributed by atoms with Crippen LogP contribution in [0.3, 0.4) is 0 Å².